The van der Waals surface area contributed by atoms with Crippen LogP contribution in [-0.4, -0.2) is 9.97 Å². The lowest BCUT2D eigenvalue weighted by atomic mass is 10.1. The summed E-state index contributed by atoms with van der Waals surface area (Å²) in [5.74, 6) is 0.871. The van der Waals surface area contributed by atoms with Gasteiger partial charge < -0.3 is 10.7 Å². The van der Waals surface area contributed by atoms with Gasteiger partial charge >= 0.3 is 0 Å². The summed E-state index contributed by atoms with van der Waals surface area (Å²) < 4.78 is 0. The Hall–Kier alpha value is -2.13. The number of imidazole rings is 1. The van der Waals surface area contributed by atoms with Crippen molar-refractivity contribution in [3.05, 3.63) is 54.4 Å². The van der Waals surface area contributed by atoms with Gasteiger partial charge in [0.15, 0.2) is 0 Å². The number of nitrogens with zero attached hydrogens (tertiary/aromatic N) is 1. The van der Waals surface area contributed by atoms with Crippen molar-refractivity contribution >= 4 is 10.8 Å². The van der Waals surface area contributed by atoms with E-state index in [0.29, 0.717) is 6.54 Å². The van der Waals surface area contributed by atoms with Gasteiger partial charge in [-0.1, -0.05) is 36.4 Å². The molecule has 1 heterocycles. The van der Waals surface area contributed by atoms with Crippen LogP contribution in [0.25, 0.3) is 22.2 Å². The van der Waals surface area contributed by atoms with E-state index in [9.17, 15) is 0 Å². The van der Waals surface area contributed by atoms with Crippen molar-refractivity contribution in [1.82, 2.24) is 9.97 Å². The lowest BCUT2D eigenvalue weighted by molar-refractivity contribution is 1.01. The van der Waals surface area contributed by atoms with Crippen molar-refractivity contribution in [3.8, 4) is 11.4 Å². The first kappa shape index (κ1) is 10.1. The van der Waals surface area contributed by atoms with Crippen LogP contribution >= 0.6 is 0 Å². The fourth-order valence-corrected chi connectivity index (χ4v) is 1.95. The van der Waals surface area contributed by atoms with Crippen LogP contribution in [0.1, 0.15) is 5.69 Å². The molecule has 0 atom stereocenters. The highest BCUT2D eigenvalue weighted by Crippen LogP contribution is 2.22. The molecule has 0 fully saturated rings. The Morgan fingerprint density at radius 1 is 1.06 bits per heavy atom. The molecule has 0 bridgehead atoms. The molecular formula is C14H13N3. The summed E-state index contributed by atoms with van der Waals surface area (Å²) in [5.41, 5.74) is 7.60. The third-order valence-corrected chi connectivity index (χ3v) is 2.87. The zero-order valence-electron chi connectivity index (χ0n) is 9.35. The summed E-state index contributed by atoms with van der Waals surface area (Å²) in [6, 6.07) is 14.6. The SMILES string of the molecule is NCc1cnc(-c2ccc3ccccc3c2)[nH]1. The summed E-state index contributed by atoms with van der Waals surface area (Å²) in [4.78, 5) is 7.54. The van der Waals surface area contributed by atoms with Gasteiger partial charge in [-0.05, 0) is 16.8 Å². The van der Waals surface area contributed by atoms with Crippen molar-refractivity contribution in [1.29, 1.82) is 0 Å². The van der Waals surface area contributed by atoms with Gasteiger partial charge in [0.1, 0.15) is 5.82 Å². The Morgan fingerprint density at radius 3 is 2.65 bits per heavy atom. The first-order valence-electron chi connectivity index (χ1n) is 5.60. The predicted octanol–water partition coefficient (Wildman–Crippen LogP) is 2.69. The highest BCUT2D eigenvalue weighted by Gasteiger charge is 2.03. The minimum absolute atomic E-state index is 0.487. The van der Waals surface area contributed by atoms with Gasteiger partial charge in [-0.15, -0.1) is 0 Å². The summed E-state index contributed by atoms with van der Waals surface area (Å²) in [6.07, 6.45) is 1.78. The van der Waals surface area contributed by atoms with Crippen molar-refractivity contribution < 1.29 is 0 Å². The average molecular weight is 223 g/mol. The smallest absolute Gasteiger partial charge is 0.137 e. The van der Waals surface area contributed by atoms with Crippen LogP contribution in [0.2, 0.25) is 0 Å². The van der Waals surface area contributed by atoms with Crippen molar-refractivity contribution in [3.63, 3.8) is 0 Å². The molecule has 3 N–H and O–H groups in total. The topological polar surface area (TPSA) is 54.7 Å². The van der Waals surface area contributed by atoms with E-state index in [0.717, 1.165) is 17.1 Å². The molecule has 17 heavy (non-hydrogen) atoms. The molecule has 0 saturated carbocycles. The molecule has 0 aliphatic rings. The fraction of sp³-hybridized carbons (Fsp3) is 0.0714. The summed E-state index contributed by atoms with van der Waals surface area (Å²) in [5, 5.41) is 2.46. The zero-order valence-corrected chi connectivity index (χ0v) is 9.35. The number of benzene rings is 2. The van der Waals surface area contributed by atoms with E-state index in [1.54, 1.807) is 6.20 Å². The Kier molecular flexibility index (Phi) is 2.38. The van der Waals surface area contributed by atoms with E-state index < -0.39 is 0 Å². The largest absolute Gasteiger partial charge is 0.341 e. The highest BCUT2D eigenvalue weighted by molar-refractivity contribution is 5.86. The summed E-state index contributed by atoms with van der Waals surface area (Å²) in [6.45, 7) is 0.487. The fourth-order valence-electron chi connectivity index (χ4n) is 1.95. The van der Waals surface area contributed by atoms with Crippen LogP contribution in [0.15, 0.2) is 48.7 Å². The number of aromatic nitrogens is 2. The van der Waals surface area contributed by atoms with Gasteiger partial charge in [0.2, 0.25) is 0 Å². The van der Waals surface area contributed by atoms with E-state index in [-0.39, 0.29) is 0 Å². The number of fused-ring (bicyclic) bond motifs is 1. The summed E-state index contributed by atoms with van der Waals surface area (Å²) in [7, 11) is 0. The maximum absolute atomic E-state index is 5.56. The maximum Gasteiger partial charge on any atom is 0.137 e. The third-order valence-electron chi connectivity index (χ3n) is 2.87. The molecule has 3 nitrogen and oxygen atoms in total. The zero-order chi connectivity index (χ0) is 11.7. The van der Waals surface area contributed by atoms with Gasteiger partial charge in [0.25, 0.3) is 0 Å². The first-order chi connectivity index (χ1) is 8.36. The van der Waals surface area contributed by atoms with Crippen molar-refractivity contribution in [2.45, 2.75) is 6.54 Å². The molecule has 0 amide bonds. The second kappa shape index (κ2) is 4.03. The van der Waals surface area contributed by atoms with Crippen LogP contribution in [-0.2, 0) is 6.54 Å². The van der Waals surface area contributed by atoms with E-state index in [4.69, 9.17) is 5.73 Å². The molecule has 84 valence electrons. The number of nitrogens with one attached hydrogen (secondary N) is 1. The van der Waals surface area contributed by atoms with E-state index in [2.05, 4.69) is 40.3 Å². The second-order valence-corrected chi connectivity index (χ2v) is 4.02. The maximum atomic E-state index is 5.56. The van der Waals surface area contributed by atoms with Crippen molar-refractivity contribution in [2.75, 3.05) is 0 Å². The molecule has 0 radical (unpaired) electrons. The highest BCUT2D eigenvalue weighted by atomic mass is 14.9. The lowest BCUT2D eigenvalue weighted by Crippen LogP contribution is -1.95. The predicted molar refractivity (Wildman–Crippen MR) is 69.4 cm³/mol. The van der Waals surface area contributed by atoms with Crippen molar-refractivity contribution in [2.24, 2.45) is 5.73 Å². The molecule has 0 aliphatic heterocycles. The van der Waals surface area contributed by atoms with Gasteiger partial charge in [0.05, 0.1) is 0 Å². The van der Waals surface area contributed by atoms with E-state index >= 15 is 0 Å². The molecule has 0 unspecified atom stereocenters. The number of hydrogen-bond donors (Lipinski definition) is 2. The molecule has 3 rings (SSSR count). The van der Waals surface area contributed by atoms with Gasteiger partial charge in [-0.25, -0.2) is 4.98 Å². The minimum Gasteiger partial charge on any atom is -0.341 e. The number of hydrogen-bond acceptors (Lipinski definition) is 2. The van der Waals surface area contributed by atoms with Crippen LogP contribution in [0.3, 0.4) is 0 Å². The first-order valence-corrected chi connectivity index (χ1v) is 5.60. The van der Waals surface area contributed by atoms with Gasteiger partial charge in [-0.2, -0.15) is 0 Å². The summed E-state index contributed by atoms with van der Waals surface area (Å²) >= 11 is 0. The van der Waals surface area contributed by atoms with Crippen LogP contribution in [0.5, 0.6) is 0 Å². The molecule has 3 heteroatoms. The van der Waals surface area contributed by atoms with Crippen LogP contribution < -0.4 is 5.73 Å². The Labute approximate surface area is 99.3 Å². The van der Waals surface area contributed by atoms with Gasteiger partial charge in [0, 0.05) is 24.0 Å². The van der Waals surface area contributed by atoms with Crippen LogP contribution in [0, 0.1) is 0 Å². The Morgan fingerprint density at radius 2 is 1.88 bits per heavy atom. The molecule has 0 aliphatic carbocycles. The second-order valence-electron chi connectivity index (χ2n) is 4.02. The number of aromatic amines is 1. The van der Waals surface area contributed by atoms with E-state index in [1.807, 2.05) is 12.1 Å². The van der Waals surface area contributed by atoms with Gasteiger partial charge in [-0.3, -0.25) is 0 Å². The number of rotatable bonds is 2. The molecular weight excluding hydrogens is 210 g/mol. The normalized spacial score (nSPS) is 10.9. The Balaban J connectivity index is 2.11. The standard InChI is InChI=1S/C14H13N3/c15-8-13-9-16-14(17-13)12-6-5-10-3-1-2-4-11(10)7-12/h1-7,9H,8,15H2,(H,16,17). The number of nitrogens with two attached hydrogens (primary N) is 1. The monoisotopic (exact) mass is 223 g/mol. The molecule has 2 aromatic carbocycles. The minimum atomic E-state index is 0.487. The average Bonchev–Trinajstić information content (AvgIpc) is 2.87. The number of H-pyrrole nitrogens is 1. The molecule has 0 spiro atoms. The van der Waals surface area contributed by atoms with Crippen LogP contribution in [0.4, 0.5) is 0 Å². The van der Waals surface area contributed by atoms with E-state index in [1.165, 1.54) is 10.8 Å². The molecule has 3 aromatic rings. The quantitative estimate of drug-likeness (QED) is 0.701. The molecule has 1 aromatic heterocycles. The molecule has 0 saturated heterocycles. The third kappa shape index (κ3) is 1.81. The lowest BCUT2D eigenvalue weighted by Gasteiger charge is -2.00. The Bertz CT molecular complexity index is 655.